The highest BCUT2D eigenvalue weighted by molar-refractivity contribution is 7.12. The topological polar surface area (TPSA) is 119 Å². The van der Waals surface area contributed by atoms with Crippen molar-refractivity contribution in [3.63, 3.8) is 0 Å². The molecule has 0 radical (unpaired) electrons. The van der Waals surface area contributed by atoms with Crippen LogP contribution in [0.5, 0.6) is 11.5 Å². The quantitative estimate of drug-likeness (QED) is 0.189. The van der Waals surface area contributed by atoms with Gasteiger partial charge in [0.05, 0.1) is 11.4 Å². The molecule has 210 valence electrons. The number of nitrogens with zero attached hydrogens (tertiary/aromatic N) is 3. The predicted octanol–water partition coefficient (Wildman–Crippen LogP) is 6.80. The van der Waals surface area contributed by atoms with Gasteiger partial charge in [-0.25, -0.2) is 14.5 Å². The van der Waals surface area contributed by atoms with Gasteiger partial charge in [-0.3, -0.25) is 10.1 Å². The number of benzene rings is 2. The fourth-order valence-electron chi connectivity index (χ4n) is 4.11. The Balaban J connectivity index is 1.37. The molecule has 11 heteroatoms. The van der Waals surface area contributed by atoms with Crippen molar-refractivity contribution in [2.45, 2.75) is 26.2 Å². The molecule has 0 aliphatic rings. The molecule has 0 atom stereocenters. The first kappa shape index (κ1) is 27.8. The summed E-state index contributed by atoms with van der Waals surface area (Å²) in [6.45, 7) is 6.17. The van der Waals surface area contributed by atoms with E-state index in [9.17, 15) is 9.59 Å². The second-order valence-corrected chi connectivity index (χ2v) is 11.2. The van der Waals surface area contributed by atoms with Gasteiger partial charge in [0.25, 0.3) is 5.91 Å². The molecule has 0 fully saturated rings. The first-order valence-electron chi connectivity index (χ1n) is 12.9. The number of thiophene rings is 1. The monoisotopic (exact) mass is 570 g/mol. The summed E-state index contributed by atoms with van der Waals surface area (Å²) < 4.78 is 12.8. The molecule has 0 unspecified atom stereocenters. The molecule has 5 aromatic rings. The first-order valence-corrected chi connectivity index (χ1v) is 13.8. The summed E-state index contributed by atoms with van der Waals surface area (Å²) in [6, 6.07) is 19.9. The molecule has 3 N–H and O–H groups in total. The van der Waals surface area contributed by atoms with E-state index in [4.69, 9.17) is 14.6 Å². The Morgan fingerprint density at radius 2 is 1.76 bits per heavy atom. The van der Waals surface area contributed by atoms with Crippen molar-refractivity contribution >= 4 is 51.4 Å². The Kier molecular flexibility index (Phi) is 7.99. The highest BCUT2D eigenvalue weighted by Crippen LogP contribution is 2.35. The summed E-state index contributed by atoms with van der Waals surface area (Å²) in [5.41, 5.74) is 1.30. The van der Waals surface area contributed by atoms with E-state index < -0.39 is 6.03 Å². The van der Waals surface area contributed by atoms with Crippen LogP contribution in [0.1, 0.15) is 26.5 Å². The molecule has 5 rings (SSSR count). The van der Waals surface area contributed by atoms with Crippen molar-refractivity contribution in [1.29, 1.82) is 0 Å². The number of ether oxygens (including phenoxy) is 2. The van der Waals surface area contributed by atoms with Gasteiger partial charge in [0.15, 0.2) is 0 Å². The van der Waals surface area contributed by atoms with Crippen LogP contribution in [0.2, 0.25) is 0 Å². The van der Waals surface area contributed by atoms with E-state index in [1.54, 1.807) is 35.1 Å². The van der Waals surface area contributed by atoms with Crippen molar-refractivity contribution in [3.05, 3.63) is 84.0 Å². The summed E-state index contributed by atoms with van der Waals surface area (Å²) in [5.74, 6) is 1.68. The third-order valence-electron chi connectivity index (χ3n) is 6.07. The van der Waals surface area contributed by atoms with Crippen molar-refractivity contribution < 1.29 is 19.1 Å². The molecule has 0 aliphatic carbocycles. The highest BCUT2D eigenvalue weighted by atomic mass is 32.1. The maximum Gasteiger partial charge on any atom is 0.324 e. The van der Waals surface area contributed by atoms with Crippen molar-refractivity contribution in [2.24, 2.45) is 0 Å². The zero-order valence-corrected chi connectivity index (χ0v) is 23.9. The second kappa shape index (κ2) is 11.8. The molecule has 0 saturated heterocycles. The van der Waals surface area contributed by atoms with Crippen LogP contribution < -0.4 is 20.7 Å². The van der Waals surface area contributed by atoms with E-state index in [1.807, 2.05) is 47.8 Å². The van der Waals surface area contributed by atoms with Gasteiger partial charge in [-0.1, -0.05) is 45.0 Å². The Hall–Kier alpha value is -4.74. The minimum absolute atomic E-state index is 0.0758. The van der Waals surface area contributed by atoms with Gasteiger partial charge in [0.1, 0.15) is 34.7 Å². The van der Waals surface area contributed by atoms with Gasteiger partial charge in [0, 0.05) is 41.6 Å². The summed E-state index contributed by atoms with van der Waals surface area (Å²) >= 11 is 1.54. The summed E-state index contributed by atoms with van der Waals surface area (Å²) in [4.78, 5) is 29.2. The lowest BCUT2D eigenvalue weighted by Crippen LogP contribution is -2.21. The summed E-state index contributed by atoms with van der Waals surface area (Å²) in [6.07, 6.45) is 1.55. The fourth-order valence-corrected chi connectivity index (χ4v) is 4.81. The lowest BCUT2D eigenvalue weighted by molar-refractivity contribution is -0.119. The number of hydrogen-bond donors (Lipinski definition) is 3. The largest absolute Gasteiger partial charge is 0.457 e. The van der Waals surface area contributed by atoms with Gasteiger partial charge in [0.2, 0.25) is 0 Å². The maximum absolute atomic E-state index is 13.2. The number of hydrogen-bond acceptors (Lipinski definition) is 7. The summed E-state index contributed by atoms with van der Waals surface area (Å²) in [7, 11) is 1.45. The summed E-state index contributed by atoms with van der Waals surface area (Å²) in [5, 5.41) is 17.8. The van der Waals surface area contributed by atoms with Crippen LogP contribution in [0.4, 0.5) is 22.1 Å². The average Bonchev–Trinajstić information content (AvgIpc) is 3.61. The Morgan fingerprint density at radius 3 is 2.49 bits per heavy atom. The van der Waals surface area contributed by atoms with E-state index in [0.717, 1.165) is 21.5 Å². The number of carbonyl (C=O) groups is 2. The molecule has 2 aromatic carbocycles. The van der Waals surface area contributed by atoms with E-state index in [1.165, 1.54) is 18.4 Å². The molecule has 10 nitrogen and oxygen atoms in total. The molecule has 0 saturated carbocycles. The number of carbonyl (C=O) groups excluding carboxylic acids is 2. The van der Waals surface area contributed by atoms with E-state index in [2.05, 4.69) is 41.7 Å². The van der Waals surface area contributed by atoms with Crippen molar-refractivity contribution in [3.8, 4) is 16.5 Å². The number of amides is 3. The first-order chi connectivity index (χ1) is 19.7. The number of urea groups is 1. The molecular formula is C30H30N6O4S. The predicted molar refractivity (Wildman–Crippen MR) is 162 cm³/mol. The SMILES string of the molecule is COCC(=O)Nc1cc(Oc2ccc(NC(=O)Nc3cc(C(C)(C)C)nn3-c3cccs3)c3ccccc23)ccn1. The van der Waals surface area contributed by atoms with E-state index >= 15 is 0 Å². The third-order valence-corrected chi connectivity index (χ3v) is 6.91. The standard InChI is InChI=1S/C30H30N6O4S/c1-30(2,3)24-17-26(36(35-24)28-10-7-15-41-28)34-29(38)32-22-11-12-23(21-9-6-5-8-20(21)22)40-19-13-14-31-25(16-19)33-27(37)18-39-4/h5-17H,18H2,1-4H3,(H,31,33,37)(H2,32,34,38). The van der Waals surface area contributed by atoms with Crippen LogP contribution in [-0.2, 0) is 14.9 Å². The van der Waals surface area contributed by atoms with Crippen LogP contribution >= 0.6 is 11.3 Å². The molecule has 3 heterocycles. The molecule has 3 aromatic heterocycles. The lowest BCUT2D eigenvalue weighted by Gasteiger charge is -2.14. The van der Waals surface area contributed by atoms with Gasteiger partial charge in [-0.05, 0) is 35.7 Å². The van der Waals surface area contributed by atoms with E-state index in [0.29, 0.717) is 28.8 Å². The highest BCUT2D eigenvalue weighted by Gasteiger charge is 2.22. The number of pyridine rings is 1. The lowest BCUT2D eigenvalue weighted by atomic mass is 9.92. The van der Waals surface area contributed by atoms with Crippen LogP contribution in [0.15, 0.2) is 78.3 Å². The number of rotatable bonds is 8. The van der Waals surface area contributed by atoms with E-state index in [-0.39, 0.29) is 17.9 Å². The Bertz CT molecular complexity index is 1690. The van der Waals surface area contributed by atoms with Gasteiger partial charge in [-0.15, -0.1) is 11.3 Å². The number of anilines is 3. The maximum atomic E-state index is 13.2. The molecule has 3 amide bonds. The zero-order valence-electron chi connectivity index (χ0n) is 23.1. The Morgan fingerprint density at radius 1 is 0.951 bits per heavy atom. The smallest absolute Gasteiger partial charge is 0.324 e. The van der Waals surface area contributed by atoms with Crippen LogP contribution in [0.25, 0.3) is 15.8 Å². The van der Waals surface area contributed by atoms with Crippen molar-refractivity contribution in [1.82, 2.24) is 14.8 Å². The fraction of sp³-hybridized carbons (Fsp3) is 0.200. The number of aromatic nitrogens is 3. The number of nitrogens with one attached hydrogen (secondary N) is 3. The van der Waals surface area contributed by atoms with Gasteiger partial charge in [-0.2, -0.15) is 5.10 Å². The second-order valence-electron chi connectivity index (χ2n) is 10.2. The number of fused-ring (bicyclic) bond motifs is 1. The van der Waals surface area contributed by atoms with Gasteiger partial charge >= 0.3 is 6.03 Å². The molecule has 0 bridgehead atoms. The molecular weight excluding hydrogens is 540 g/mol. The van der Waals surface area contributed by atoms with Crippen LogP contribution in [0.3, 0.4) is 0 Å². The minimum atomic E-state index is -0.396. The van der Waals surface area contributed by atoms with Crippen LogP contribution in [0, 0.1) is 0 Å². The molecule has 0 spiro atoms. The van der Waals surface area contributed by atoms with Crippen LogP contribution in [-0.4, -0.2) is 40.4 Å². The average molecular weight is 571 g/mol. The minimum Gasteiger partial charge on any atom is -0.457 e. The Labute approximate surface area is 241 Å². The van der Waals surface area contributed by atoms with Crippen molar-refractivity contribution in [2.75, 3.05) is 29.7 Å². The molecule has 0 aliphatic heterocycles. The third kappa shape index (κ3) is 6.53. The zero-order chi connectivity index (χ0) is 29.0. The normalized spacial score (nSPS) is 11.3. The van der Waals surface area contributed by atoms with Gasteiger partial charge < -0.3 is 20.1 Å². The molecule has 41 heavy (non-hydrogen) atoms. The number of methoxy groups -OCH3 is 1.